The maximum absolute atomic E-state index is 11.9. The lowest BCUT2D eigenvalue weighted by Gasteiger charge is -2.06. The third-order valence-electron chi connectivity index (χ3n) is 2.86. The van der Waals surface area contributed by atoms with E-state index in [0.717, 1.165) is 6.07 Å². The van der Waals surface area contributed by atoms with Crippen LogP contribution in [0.2, 0.25) is 5.02 Å². The zero-order chi connectivity index (χ0) is 17.0. The van der Waals surface area contributed by atoms with Crippen molar-refractivity contribution in [2.75, 3.05) is 5.32 Å². The Balaban J connectivity index is 1.99. The van der Waals surface area contributed by atoms with Gasteiger partial charge in [0.05, 0.1) is 4.92 Å². The van der Waals surface area contributed by atoms with Gasteiger partial charge in [0, 0.05) is 30.3 Å². The Morgan fingerprint density at radius 1 is 1.39 bits per heavy atom. The molecule has 0 radical (unpaired) electrons. The molecule has 23 heavy (non-hydrogen) atoms. The Labute approximate surface area is 134 Å². The largest absolute Gasteiger partial charge is 0.476 e. The number of aryl methyl sites for hydroxylation is 1. The number of nitro groups is 1. The van der Waals surface area contributed by atoms with Crippen molar-refractivity contribution in [3.05, 3.63) is 51.3 Å². The number of carbonyl (C=O) groups is 2. The molecule has 10 heteroatoms. The number of halogens is 1. The molecule has 2 rings (SSSR count). The van der Waals surface area contributed by atoms with E-state index >= 15 is 0 Å². The molecule has 2 aromatic rings. The second-order valence-corrected chi connectivity index (χ2v) is 4.92. The number of carbonyl (C=O) groups excluding carboxylic acids is 1. The van der Waals surface area contributed by atoms with Crippen LogP contribution in [-0.2, 0) is 11.3 Å². The second-order valence-electron chi connectivity index (χ2n) is 4.49. The molecular weight excluding hydrogens is 328 g/mol. The maximum atomic E-state index is 11.9. The Morgan fingerprint density at radius 2 is 2.13 bits per heavy atom. The van der Waals surface area contributed by atoms with Crippen LogP contribution in [0.5, 0.6) is 0 Å². The van der Waals surface area contributed by atoms with Crippen LogP contribution in [0, 0.1) is 10.1 Å². The van der Waals surface area contributed by atoms with E-state index in [1.165, 1.54) is 29.1 Å². The summed E-state index contributed by atoms with van der Waals surface area (Å²) in [5.74, 6) is -1.63. The van der Waals surface area contributed by atoms with Crippen molar-refractivity contribution in [1.82, 2.24) is 9.78 Å². The van der Waals surface area contributed by atoms with Crippen molar-refractivity contribution in [3.8, 4) is 0 Å². The molecule has 0 atom stereocenters. The number of aromatic carboxylic acids is 1. The van der Waals surface area contributed by atoms with Gasteiger partial charge in [-0.3, -0.25) is 19.6 Å². The molecule has 9 nitrogen and oxygen atoms in total. The number of carboxylic acid groups (broad SMARTS) is 1. The molecule has 1 aromatic heterocycles. The lowest BCUT2D eigenvalue weighted by Crippen LogP contribution is -2.16. The third kappa shape index (κ3) is 4.27. The summed E-state index contributed by atoms with van der Waals surface area (Å²) >= 11 is 5.69. The molecular formula is C13H11ClN4O5. The van der Waals surface area contributed by atoms with E-state index in [0.29, 0.717) is 0 Å². The first-order valence-electron chi connectivity index (χ1n) is 6.37. The molecule has 0 saturated carbocycles. The molecule has 1 aromatic carbocycles. The number of nitrogens with zero attached hydrogens (tertiary/aromatic N) is 3. The number of benzene rings is 1. The van der Waals surface area contributed by atoms with Crippen molar-refractivity contribution >= 4 is 34.9 Å². The van der Waals surface area contributed by atoms with Gasteiger partial charge in [-0.05, 0) is 18.2 Å². The van der Waals surface area contributed by atoms with Crippen LogP contribution >= 0.6 is 11.6 Å². The number of carboxylic acids is 1. The number of aromatic nitrogens is 2. The van der Waals surface area contributed by atoms with Gasteiger partial charge in [-0.15, -0.1) is 0 Å². The zero-order valence-corrected chi connectivity index (χ0v) is 12.4. The normalized spacial score (nSPS) is 10.3. The molecule has 0 saturated heterocycles. The minimum Gasteiger partial charge on any atom is -0.476 e. The molecule has 1 heterocycles. The molecule has 0 aliphatic heterocycles. The van der Waals surface area contributed by atoms with Crippen LogP contribution in [0.3, 0.4) is 0 Å². The van der Waals surface area contributed by atoms with E-state index in [1.807, 2.05) is 0 Å². The molecule has 2 N–H and O–H groups in total. The minimum absolute atomic E-state index is 0.0273. The Bertz CT molecular complexity index is 773. The van der Waals surface area contributed by atoms with Gasteiger partial charge in [-0.2, -0.15) is 5.10 Å². The van der Waals surface area contributed by atoms with Gasteiger partial charge in [0.1, 0.15) is 5.69 Å². The first-order chi connectivity index (χ1) is 10.9. The summed E-state index contributed by atoms with van der Waals surface area (Å²) in [5.41, 5.74) is -0.395. The van der Waals surface area contributed by atoms with Crippen molar-refractivity contribution in [2.45, 2.75) is 13.0 Å². The van der Waals surface area contributed by atoms with Crippen molar-refractivity contribution in [1.29, 1.82) is 0 Å². The Kier molecular flexibility index (Phi) is 4.91. The highest BCUT2D eigenvalue weighted by atomic mass is 35.5. The fraction of sp³-hybridized carbons (Fsp3) is 0.154. The van der Waals surface area contributed by atoms with Crippen LogP contribution in [0.25, 0.3) is 0 Å². The highest BCUT2D eigenvalue weighted by Crippen LogP contribution is 2.27. The zero-order valence-electron chi connectivity index (χ0n) is 11.6. The lowest BCUT2D eigenvalue weighted by atomic mass is 10.2. The van der Waals surface area contributed by atoms with E-state index in [9.17, 15) is 19.7 Å². The van der Waals surface area contributed by atoms with Crippen LogP contribution in [0.4, 0.5) is 11.4 Å². The number of anilines is 1. The van der Waals surface area contributed by atoms with Gasteiger partial charge < -0.3 is 10.4 Å². The molecule has 0 bridgehead atoms. The molecule has 0 spiro atoms. The number of hydrogen-bond acceptors (Lipinski definition) is 5. The lowest BCUT2D eigenvalue weighted by molar-refractivity contribution is -0.383. The number of hydrogen-bond donors (Lipinski definition) is 2. The van der Waals surface area contributed by atoms with Gasteiger partial charge in [0.15, 0.2) is 5.69 Å². The topological polar surface area (TPSA) is 127 Å². The van der Waals surface area contributed by atoms with E-state index in [-0.39, 0.29) is 35.1 Å². The van der Waals surface area contributed by atoms with Crippen LogP contribution in [0.15, 0.2) is 30.5 Å². The predicted molar refractivity (Wildman–Crippen MR) is 80.5 cm³/mol. The quantitative estimate of drug-likeness (QED) is 0.613. The summed E-state index contributed by atoms with van der Waals surface area (Å²) in [5, 5.41) is 26.0. The average Bonchev–Trinajstić information content (AvgIpc) is 2.96. The Morgan fingerprint density at radius 3 is 2.74 bits per heavy atom. The van der Waals surface area contributed by atoms with E-state index in [2.05, 4.69) is 10.4 Å². The first kappa shape index (κ1) is 16.4. The van der Waals surface area contributed by atoms with Gasteiger partial charge >= 0.3 is 5.97 Å². The van der Waals surface area contributed by atoms with E-state index in [1.54, 1.807) is 0 Å². The van der Waals surface area contributed by atoms with E-state index in [4.69, 9.17) is 16.7 Å². The summed E-state index contributed by atoms with van der Waals surface area (Å²) in [6.45, 7) is 0.139. The average molecular weight is 339 g/mol. The van der Waals surface area contributed by atoms with Crippen LogP contribution in [0.1, 0.15) is 16.9 Å². The number of nitrogens with one attached hydrogen (secondary N) is 1. The number of rotatable bonds is 6. The minimum atomic E-state index is -1.16. The molecule has 120 valence electrons. The van der Waals surface area contributed by atoms with Crippen LogP contribution in [-0.4, -0.2) is 31.7 Å². The van der Waals surface area contributed by atoms with Crippen LogP contribution < -0.4 is 5.32 Å². The Hall–Kier alpha value is -2.94. The van der Waals surface area contributed by atoms with Crippen molar-refractivity contribution in [3.63, 3.8) is 0 Å². The van der Waals surface area contributed by atoms with Gasteiger partial charge in [0.25, 0.3) is 5.69 Å². The standard InChI is InChI=1S/C13H11ClN4O5/c14-8-1-2-9(11(7-8)18(22)23)15-12(19)4-6-17-5-3-10(16-17)13(20)21/h1-3,5,7H,4,6H2,(H,15,19)(H,20,21). The first-order valence-corrected chi connectivity index (χ1v) is 6.75. The second kappa shape index (κ2) is 6.88. The smallest absolute Gasteiger partial charge is 0.356 e. The van der Waals surface area contributed by atoms with Crippen molar-refractivity contribution < 1.29 is 19.6 Å². The number of amides is 1. The fourth-order valence-corrected chi connectivity index (χ4v) is 1.96. The summed E-state index contributed by atoms with van der Waals surface area (Å²) in [4.78, 5) is 32.8. The molecule has 0 aliphatic rings. The summed E-state index contributed by atoms with van der Waals surface area (Å²) in [6.07, 6.45) is 1.40. The SMILES string of the molecule is O=C(CCn1ccc(C(=O)O)n1)Nc1ccc(Cl)cc1[N+](=O)[O-]. The molecule has 0 aliphatic carbocycles. The highest BCUT2D eigenvalue weighted by Gasteiger charge is 2.16. The summed E-state index contributed by atoms with van der Waals surface area (Å²) < 4.78 is 1.30. The predicted octanol–water partition coefficient (Wildman–Crippen LogP) is 2.17. The fourth-order valence-electron chi connectivity index (χ4n) is 1.79. The highest BCUT2D eigenvalue weighted by molar-refractivity contribution is 6.31. The van der Waals surface area contributed by atoms with Gasteiger partial charge in [-0.1, -0.05) is 11.6 Å². The molecule has 1 amide bonds. The maximum Gasteiger partial charge on any atom is 0.356 e. The van der Waals surface area contributed by atoms with Gasteiger partial charge in [0.2, 0.25) is 5.91 Å². The monoisotopic (exact) mass is 338 g/mol. The molecule has 0 fully saturated rings. The summed E-state index contributed by atoms with van der Waals surface area (Å²) in [7, 11) is 0. The van der Waals surface area contributed by atoms with Gasteiger partial charge in [-0.25, -0.2) is 4.79 Å². The number of nitro benzene ring substituents is 1. The third-order valence-corrected chi connectivity index (χ3v) is 3.09. The summed E-state index contributed by atoms with van der Waals surface area (Å²) in [6, 6.07) is 5.22. The van der Waals surface area contributed by atoms with E-state index < -0.39 is 16.8 Å². The van der Waals surface area contributed by atoms with Crippen molar-refractivity contribution in [2.24, 2.45) is 0 Å². The molecule has 0 unspecified atom stereocenters.